The van der Waals surface area contributed by atoms with Crippen molar-refractivity contribution >= 4 is 11.8 Å². The van der Waals surface area contributed by atoms with Gasteiger partial charge in [0.2, 0.25) is 0 Å². The Balaban J connectivity index is 2.24. The predicted octanol–water partition coefficient (Wildman–Crippen LogP) is 2.57. The first-order chi connectivity index (χ1) is 9.77. The molecule has 1 aliphatic rings. The average Bonchev–Trinajstić information content (AvgIpc) is 2.37. The molecule has 21 heavy (non-hydrogen) atoms. The third kappa shape index (κ3) is 3.77. The molecule has 1 amide bonds. The number of carbonyl (C=O) groups is 1. The lowest BCUT2D eigenvalue weighted by Crippen LogP contribution is -2.37. The van der Waals surface area contributed by atoms with Crippen LogP contribution in [0.25, 0.3) is 0 Å². The number of halogens is 3. The number of hydrogen-bond acceptors (Lipinski definition) is 4. The number of rotatable bonds is 2. The molecule has 4 N–H and O–H groups in total. The number of alkyl halides is 3. The van der Waals surface area contributed by atoms with Crippen LogP contribution in [0, 0.1) is 5.92 Å². The van der Waals surface area contributed by atoms with E-state index in [0.29, 0.717) is 11.3 Å². The molecule has 0 bridgehead atoms. The minimum absolute atomic E-state index is 0.0870. The number of ether oxygens (including phenoxy) is 1. The lowest BCUT2D eigenvalue weighted by Gasteiger charge is -2.35. The summed E-state index contributed by atoms with van der Waals surface area (Å²) in [6, 6.07) is 1.60. The van der Waals surface area contributed by atoms with E-state index in [0.717, 1.165) is 0 Å². The molecule has 0 aliphatic heterocycles. The van der Waals surface area contributed by atoms with E-state index in [1.54, 1.807) is 6.07 Å². The number of nitrogen functional groups attached to an aromatic ring is 1. The lowest BCUT2D eigenvalue weighted by molar-refractivity contribution is -0.191. The number of hydrogen-bond donors (Lipinski definition) is 2. The van der Waals surface area contributed by atoms with Gasteiger partial charge in [0.25, 0.3) is 0 Å². The fraction of sp³-hybridized carbons (Fsp3) is 0.538. The highest BCUT2D eigenvalue weighted by Gasteiger charge is 2.46. The van der Waals surface area contributed by atoms with Crippen molar-refractivity contribution in [3.05, 3.63) is 24.0 Å². The highest BCUT2D eigenvalue weighted by Crippen LogP contribution is 2.45. The van der Waals surface area contributed by atoms with Crippen LogP contribution >= 0.6 is 0 Å². The second-order valence-corrected chi connectivity index (χ2v) is 5.21. The molecule has 1 aliphatic carbocycles. The SMILES string of the molecule is NC(=O)OC1CC(c2ccncc2N)CC(C(F)(F)F)C1. The fourth-order valence-electron chi connectivity index (χ4n) is 2.84. The van der Waals surface area contributed by atoms with E-state index >= 15 is 0 Å². The summed E-state index contributed by atoms with van der Waals surface area (Å²) in [5, 5.41) is 0. The molecule has 1 fully saturated rings. The van der Waals surface area contributed by atoms with Gasteiger partial charge in [-0.3, -0.25) is 4.98 Å². The molecule has 0 saturated heterocycles. The molecule has 1 heterocycles. The Kier molecular flexibility index (Phi) is 4.24. The molecule has 8 heteroatoms. The smallest absolute Gasteiger partial charge is 0.404 e. The number of nitrogens with zero attached hydrogens (tertiary/aromatic N) is 1. The number of amides is 1. The van der Waals surface area contributed by atoms with E-state index in [9.17, 15) is 18.0 Å². The maximum Gasteiger partial charge on any atom is 0.404 e. The van der Waals surface area contributed by atoms with Gasteiger partial charge in [-0.2, -0.15) is 13.2 Å². The Bertz CT molecular complexity index is 522. The third-order valence-electron chi connectivity index (χ3n) is 3.74. The van der Waals surface area contributed by atoms with Crippen LogP contribution in [0.4, 0.5) is 23.7 Å². The zero-order chi connectivity index (χ0) is 15.6. The van der Waals surface area contributed by atoms with Gasteiger partial charge < -0.3 is 16.2 Å². The Morgan fingerprint density at radius 1 is 1.33 bits per heavy atom. The van der Waals surface area contributed by atoms with Crippen molar-refractivity contribution in [3.63, 3.8) is 0 Å². The molecule has 0 aromatic carbocycles. The van der Waals surface area contributed by atoms with E-state index in [-0.39, 0.29) is 19.3 Å². The van der Waals surface area contributed by atoms with Crippen molar-refractivity contribution in [1.29, 1.82) is 0 Å². The van der Waals surface area contributed by atoms with E-state index in [1.165, 1.54) is 12.4 Å². The topological polar surface area (TPSA) is 91.2 Å². The van der Waals surface area contributed by atoms with Crippen molar-refractivity contribution in [3.8, 4) is 0 Å². The summed E-state index contributed by atoms with van der Waals surface area (Å²) >= 11 is 0. The van der Waals surface area contributed by atoms with Gasteiger partial charge in [-0.1, -0.05) is 0 Å². The van der Waals surface area contributed by atoms with Crippen LogP contribution in [-0.4, -0.2) is 23.4 Å². The fourth-order valence-corrected chi connectivity index (χ4v) is 2.84. The standard InChI is InChI=1S/C13H16F3N3O2/c14-13(15,16)8-3-7(4-9(5-8)21-12(18)20)10-1-2-19-6-11(10)17/h1-2,6-9H,3-5,17H2,(H2,18,20). The van der Waals surface area contributed by atoms with E-state index in [1.807, 2.05) is 0 Å². The zero-order valence-electron chi connectivity index (χ0n) is 11.1. The maximum absolute atomic E-state index is 13.0. The number of nitrogens with two attached hydrogens (primary N) is 2. The van der Waals surface area contributed by atoms with Crippen LogP contribution in [-0.2, 0) is 4.74 Å². The number of primary amides is 1. The summed E-state index contributed by atoms with van der Waals surface area (Å²) in [4.78, 5) is 14.6. The molecule has 116 valence electrons. The summed E-state index contributed by atoms with van der Waals surface area (Å²) in [5.74, 6) is -1.99. The van der Waals surface area contributed by atoms with Gasteiger partial charge in [-0.15, -0.1) is 0 Å². The first kappa shape index (κ1) is 15.4. The second-order valence-electron chi connectivity index (χ2n) is 5.21. The highest BCUT2D eigenvalue weighted by molar-refractivity contribution is 5.64. The summed E-state index contributed by atoms with van der Waals surface area (Å²) < 4.78 is 43.9. The molecule has 5 nitrogen and oxygen atoms in total. The Labute approximate surface area is 119 Å². The molecule has 1 aromatic rings. The second kappa shape index (κ2) is 5.79. The largest absolute Gasteiger partial charge is 0.446 e. The molecule has 1 saturated carbocycles. The molecule has 3 unspecified atom stereocenters. The first-order valence-corrected chi connectivity index (χ1v) is 6.49. The van der Waals surface area contributed by atoms with Gasteiger partial charge in [0.15, 0.2) is 0 Å². The Hall–Kier alpha value is -1.99. The third-order valence-corrected chi connectivity index (χ3v) is 3.74. The minimum Gasteiger partial charge on any atom is -0.446 e. The van der Waals surface area contributed by atoms with E-state index < -0.39 is 30.2 Å². The van der Waals surface area contributed by atoms with Crippen molar-refractivity contribution < 1.29 is 22.7 Å². The highest BCUT2D eigenvalue weighted by atomic mass is 19.4. The molecule has 3 atom stereocenters. The monoisotopic (exact) mass is 303 g/mol. The summed E-state index contributed by atoms with van der Waals surface area (Å²) in [7, 11) is 0. The van der Waals surface area contributed by atoms with Crippen molar-refractivity contribution in [1.82, 2.24) is 4.98 Å². The quantitative estimate of drug-likeness (QED) is 0.878. The van der Waals surface area contributed by atoms with Crippen LogP contribution < -0.4 is 11.5 Å². The number of anilines is 1. The zero-order valence-corrected chi connectivity index (χ0v) is 11.1. The van der Waals surface area contributed by atoms with Crippen LogP contribution in [0.2, 0.25) is 0 Å². The molecule has 0 spiro atoms. The van der Waals surface area contributed by atoms with Crippen molar-refractivity contribution in [2.45, 2.75) is 37.5 Å². The average molecular weight is 303 g/mol. The number of pyridine rings is 1. The Morgan fingerprint density at radius 3 is 2.62 bits per heavy atom. The van der Waals surface area contributed by atoms with Crippen LogP contribution in [0.15, 0.2) is 18.5 Å². The molecule has 0 radical (unpaired) electrons. The first-order valence-electron chi connectivity index (χ1n) is 6.49. The molecule has 2 rings (SSSR count). The lowest BCUT2D eigenvalue weighted by atomic mass is 9.76. The number of aromatic nitrogens is 1. The van der Waals surface area contributed by atoms with Gasteiger partial charge in [-0.05, 0) is 36.8 Å². The summed E-state index contributed by atoms with van der Waals surface area (Å²) in [6.07, 6.45) is -3.48. The predicted molar refractivity (Wildman–Crippen MR) is 69.2 cm³/mol. The van der Waals surface area contributed by atoms with Gasteiger partial charge in [-0.25, -0.2) is 4.79 Å². The van der Waals surface area contributed by atoms with E-state index in [4.69, 9.17) is 16.2 Å². The van der Waals surface area contributed by atoms with E-state index in [2.05, 4.69) is 4.98 Å². The van der Waals surface area contributed by atoms with Crippen LogP contribution in [0.5, 0.6) is 0 Å². The van der Waals surface area contributed by atoms with Gasteiger partial charge in [0.1, 0.15) is 6.10 Å². The molecular formula is C13H16F3N3O2. The van der Waals surface area contributed by atoms with Crippen molar-refractivity contribution in [2.24, 2.45) is 11.7 Å². The summed E-state index contributed by atoms with van der Waals surface area (Å²) in [5.41, 5.74) is 11.6. The van der Waals surface area contributed by atoms with Crippen LogP contribution in [0.1, 0.15) is 30.7 Å². The van der Waals surface area contributed by atoms with Crippen LogP contribution in [0.3, 0.4) is 0 Å². The number of carbonyl (C=O) groups excluding carboxylic acids is 1. The minimum atomic E-state index is -4.35. The Morgan fingerprint density at radius 2 is 2.05 bits per heavy atom. The normalized spacial score (nSPS) is 26.3. The summed E-state index contributed by atoms with van der Waals surface area (Å²) in [6.45, 7) is 0. The van der Waals surface area contributed by atoms with Crippen molar-refractivity contribution in [2.75, 3.05) is 5.73 Å². The van der Waals surface area contributed by atoms with Gasteiger partial charge in [0, 0.05) is 6.20 Å². The van der Waals surface area contributed by atoms with Gasteiger partial charge in [0.05, 0.1) is 17.8 Å². The van der Waals surface area contributed by atoms with Gasteiger partial charge >= 0.3 is 12.3 Å². The molecule has 1 aromatic heterocycles. The maximum atomic E-state index is 13.0. The molecular weight excluding hydrogens is 287 g/mol.